The van der Waals surface area contributed by atoms with Crippen molar-refractivity contribution in [2.75, 3.05) is 11.6 Å². The molecule has 3 aromatic carbocycles. The average molecular weight is 473 g/mol. The molecule has 2 aliphatic heterocycles. The van der Waals surface area contributed by atoms with Crippen LogP contribution < -0.4 is 10.1 Å². The zero-order chi connectivity index (χ0) is 22.5. The number of aryl methyl sites for hydroxylation is 1. The van der Waals surface area contributed by atoms with E-state index in [0.717, 1.165) is 33.7 Å². The van der Waals surface area contributed by atoms with Crippen molar-refractivity contribution in [1.82, 2.24) is 14.8 Å². The Hall–Kier alpha value is -3.22. The number of nitrogens with zero attached hydrogens (tertiary/aromatic N) is 3. The van der Waals surface area contributed by atoms with E-state index in [1.165, 1.54) is 10.5 Å². The maximum atomic E-state index is 6.66. The molecule has 0 bridgehead atoms. The van der Waals surface area contributed by atoms with Crippen LogP contribution in [-0.2, 0) is 0 Å². The number of fused-ring (bicyclic) bond motifs is 3. The largest absolute Gasteiger partial charge is 0.480 e. The summed E-state index contributed by atoms with van der Waals surface area (Å²) in [5, 5.41) is 8.76. The summed E-state index contributed by atoms with van der Waals surface area (Å²) >= 11 is 8.13. The molecule has 1 aromatic heterocycles. The van der Waals surface area contributed by atoms with Gasteiger partial charge in [-0.1, -0.05) is 53.6 Å². The first-order valence-electron chi connectivity index (χ1n) is 10.7. The Morgan fingerprint density at radius 2 is 1.76 bits per heavy atom. The van der Waals surface area contributed by atoms with Gasteiger partial charge in [0.2, 0.25) is 5.95 Å². The molecule has 4 aromatic rings. The number of nitrogens with one attached hydrogen (secondary N) is 1. The fraction of sp³-hybridized carbons (Fsp3) is 0.154. The van der Waals surface area contributed by atoms with Gasteiger partial charge in [0, 0.05) is 21.1 Å². The molecule has 5 nitrogen and oxygen atoms in total. The summed E-state index contributed by atoms with van der Waals surface area (Å²) in [6.07, 6.45) is 3.38. The number of thioether (sulfide) groups is 1. The van der Waals surface area contributed by atoms with Gasteiger partial charge in [-0.2, -0.15) is 10.1 Å². The van der Waals surface area contributed by atoms with Crippen molar-refractivity contribution in [1.29, 1.82) is 0 Å². The second-order valence-electron chi connectivity index (χ2n) is 8.21. The van der Waals surface area contributed by atoms with Gasteiger partial charge >= 0.3 is 0 Å². The highest BCUT2D eigenvalue weighted by atomic mass is 35.5. The minimum Gasteiger partial charge on any atom is -0.480 e. The third-order valence-corrected chi connectivity index (χ3v) is 7.17. The molecule has 7 heteroatoms. The van der Waals surface area contributed by atoms with Gasteiger partial charge in [0.05, 0.1) is 5.70 Å². The number of hydrogen-bond donors (Lipinski definition) is 1. The van der Waals surface area contributed by atoms with E-state index in [4.69, 9.17) is 16.3 Å². The smallest absolute Gasteiger partial charge is 0.226 e. The fourth-order valence-electron chi connectivity index (χ4n) is 4.56. The van der Waals surface area contributed by atoms with E-state index in [0.29, 0.717) is 11.0 Å². The molecule has 33 heavy (non-hydrogen) atoms. The molecule has 0 spiro atoms. The maximum absolute atomic E-state index is 6.66. The quantitative estimate of drug-likeness (QED) is 0.344. The predicted molar refractivity (Wildman–Crippen MR) is 133 cm³/mol. The molecule has 0 radical (unpaired) electrons. The van der Waals surface area contributed by atoms with Crippen molar-refractivity contribution in [3.63, 3.8) is 0 Å². The molecule has 1 N–H and O–H groups in total. The van der Waals surface area contributed by atoms with Crippen LogP contribution in [0.15, 0.2) is 83.5 Å². The highest BCUT2D eigenvalue weighted by molar-refractivity contribution is 7.98. The van der Waals surface area contributed by atoms with Crippen LogP contribution in [0.3, 0.4) is 0 Å². The molecule has 0 aliphatic carbocycles. The summed E-state index contributed by atoms with van der Waals surface area (Å²) < 4.78 is 8.59. The zero-order valence-corrected chi connectivity index (χ0v) is 19.7. The lowest BCUT2D eigenvalue weighted by atomic mass is 9.84. The van der Waals surface area contributed by atoms with E-state index in [1.54, 1.807) is 18.1 Å². The molecule has 6 rings (SSSR count). The third-order valence-electron chi connectivity index (χ3n) is 6.19. The second kappa shape index (κ2) is 7.97. The zero-order valence-electron chi connectivity index (χ0n) is 18.1. The van der Waals surface area contributed by atoms with Crippen molar-refractivity contribution in [2.45, 2.75) is 24.0 Å². The molecular formula is C26H21ClN4OS. The number of anilines is 1. The number of rotatable bonds is 3. The third kappa shape index (κ3) is 3.41. The lowest BCUT2D eigenvalue weighted by molar-refractivity contribution is 0.223. The average Bonchev–Trinajstić information content (AvgIpc) is 3.31. The van der Waals surface area contributed by atoms with E-state index in [-0.39, 0.29) is 12.1 Å². The highest BCUT2D eigenvalue weighted by Gasteiger charge is 2.41. The normalized spacial score (nSPS) is 18.6. The summed E-state index contributed by atoms with van der Waals surface area (Å²) in [5.74, 6) is 1.49. The standard InChI is InChI=1S/C26H21ClN4OS/c1-15-3-5-16(6-4-15)24-22-23(30-26-28-14-29-31(24)26)20-13-18(27)9-12-21(20)32-25(22)17-7-10-19(33-2)11-8-17/h3-14,24-25H,1-2H3,(H,28,29,30)/t24-,25+/m1/s1. The lowest BCUT2D eigenvalue weighted by Crippen LogP contribution is -2.32. The molecule has 2 aliphatic rings. The molecule has 0 unspecified atom stereocenters. The van der Waals surface area contributed by atoms with Crippen molar-refractivity contribution >= 4 is 35.0 Å². The Kier molecular flexibility index (Phi) is 4.93. The summed E-state index contributed by atoms with van der Waals surface area (Å²) in [6, 6.07) is 22.7. The fourth-order valence-corrected chi connectivity index (χ4v) is 5.15. The molecule has 0 saturated heterocycles. The number of hydrogen-bond acceptors (Lipinski definition) is 5. The second-order valence-corrected chi connectivity index (χ2v) is 9.52. The van der Waals surface area contributed by atoms with Crippen LogP contribution in [0.4, 0.5) is 5.95 Å². The molecule has 3 heterocycles. The SMILES string of the molecule is CSc1ccc([C@@H]2Oc3ccc(Cl)cc3C3=C2[C@@H](c2ccc(C)cc2)n2ncnc2N3)cc1. The molecular weight excluding hydrogens is 452 g/mol. The van der Waals surface area contributed by atoms with Crippen molar-refractivity contribution in [3.8, 4) is 5.75 Å². The Balaban J connectivity index is 1.61. The van der Waals surface area contributed by atoms with Crippen LogP contribution in [0.1, 0.15) is 34.4 Å². The van der Waals surface area contributed by atoms with Crippen LogP contribution in [0, 0.1) is 6.92 Å². The van der Waals surface area contributed by atoms with Gasteiger partial charge in [-0.05, 0) is 54.6 Å². The van der Waals surface area contributed by atoms with Crippen LogP contribution in [0.2, 0.25) is 5.02 Å². The van der Waals surface area contributed by atoms with E-state index < -0.39 is 0 Å². The van der Waals surface area contributed by atoms with Gasteiger partial charge in [0.25, 0.3) is 0 Å². The minimum absolute atomic E-state index is 0.170. The number of ether oxygens (including phenoxy) is 1. The van der Waals surface area contributed by atoms with Gasteiger partial charge in [-0.3, -0.25) is 0 Å². The first-order chi connectivity index (χ1) is 16.1. The van der Waals surface area contributed by atoms with Gasteiger partial charge in [0.1, 0.15) is 24.2 Å². The molecule has 2 atom stereocenters. The maximum Gasteiger partial charge on any atom is 0.226 e. The van der Waals surface area contributed by atoms with Crippen molar-refractivity contribution < 1.29 is 4.74 Å². The predicted octanol–water partition coefficient (Wildman–Crippen LogP) is 6.52. The monoisotopic (exact) mass is 472 g/mol. The number of halogens is 1. The van der Waals surface area contributed by atoms with Gasteiger partial charge in [0.15, 0.2) is 0 Å². The first-order valence-corrected chi connectivity index (χ1v) is 12.3. The molecule has 0 fully saturated rings. The van der Waals surface area contributed by atoms with E-state index in [9.17, 15) is 0 Å². The lowest BCUT2D eigenvalue weighted by Gasteiger charge is -2.39. The Labute approximate surface area is 201 Å². The van der Waals surface area contributed by atoms with Gasteiger partial charge in [-0.25, -0.2) is 4.68 Å². The van der Waals surface area contributed by atoms with Crippen LogP contribution >= 0.6 is 23.4 Å². The van der Waals surface area contributed by atoms with Gasteiger partial charge in [-0.15, -0.1) is 11.8 Å². The number of benzene rings is 3. The minimum atomic E-state index is -0.291. The molecule has 0 amide bonds. The van der Waals surface area contributed by atoms with E-state index in [2.05, 4.69) is 77.1 Å². The summed E-state index contributed by atoms with van der Waals surface area (Å²) in [5.41, 5.74) is 6.42. The highest BCUT2D eigenvalue weighted by Crippen LogP contribution is 2.51. The van der Waals surface area contributed by atoms with Crippen LogP contribution in [0.25, 0.3) is 5.70 Å². The topological polar surface area (TPSA) is 52.0 Å². The van der Waals surface area contributed by atoms with Crippen LogP contribution in [-0.4, -0.2) is 21.0 Å². The van der Waals surface area contributed by atoms with Crippen molar-refractivity contribution in [3.05, 3.63) is 106 Å². The Morgan fingerprint density at radius 1 is 1.00 bits per heavy atom. The van der Waals surface area contributed by atoms with Gasteiger partial charge < -0.3 is 10.1 Å². The Bertz CT molecular complexity index is 1380. The van der Waals surface area contributed by atoms with E-state index in [1.807, 2.05) is 22.9 Å². The summed E-state index contributed by atoms with van der Waals surface area (Å²) in [7, 11) is 0. The summed E-state index contributed by atoms with van der Waals surface area (Å²) in [6.45, 7) is 2.09. The summed E-state index contributed by atoms with van der Waals surface area (Å²) in [4.78, 5) is 5.70. The first kappa shape index (κ1) is 20.4. The molecule has 0 saturated carbocycles. The van der Waals surface area contributed by atoms with Crippen LogP contribution in [0.5, 0.6) is 5.75 Å². The Morgan fingerprint density at radius 3 is 2.52 bits per heavy atom. The number of aromatic nitrogens is 3. The van der Waals surface area contributed by atoms with E-state index >= 15 is 0 Å². The van der Waals surface area contributed by atoms with Crippen molar-refractivity contribution in [2.24, 2.45) is 0 Å². The molecule has 164 valence electrons.